The lowest BCUT2D eigenvalue weighted by molar-refractivity contribution is 0.355. The molecule has 0 saturated carbocycles. The molecular formula is C21H18N4O4. The van der Waals surface area contributed by atoms with E-state index in [-0.39, 0.29) is 17.2 Å². The van der Waals surface area contributed by atoms with E-state index in [2.05, 4.69) is 16.3 Å². The number of methoxy groups -OCH3 is 2. The first-order chi connectivity index (χ1) is 14.1. The molecule has 29 heavy (non-hydrogen) atoms. The first-order valence-electron chi connectivity index (χ1n) is 8.74. The molecule has 0 bridgehead atoms. The second-order valence-corrected chi connectivity index (χ2v) is 6.40. The molecule has 4 N–H and O–H groups in total. The van der Waals surface area contributed by atoms with Crippen molar-refractivity contribution in [2.75, 3.05) is 14.2 Å². The van der Waals surface area contributed by atoms with Crippen LogP contribution in [0.4, 0.5) is 0 Å². The van der Waals surface area contributed by atoms with Crippen LogP contribution in [-0.2, 0) is 0 Å². The van der Waals surface area contributed by atoms with Crippen LogP contribution in [0.2, 0.25) is 0 Å². The standard InChI is InChI=1S/C21H18N4O4/c1-27-15-8-5-12(9-16(15)28-2)19-18-17(11-3-6-13(26)7-4-11)14(10-22)20(23)29-21(18)25-24-19/h3-9,17,26H,23H2,1-2H3,(H,24,25). The van der Waals surface area contributed by atoms with Crippen LogP contribution in [0.15, 0.2) is 53.9 Å². The molecule has 0 aliphatic carbocycles. The van der Waals surface area contributed by atoms with Gasteiger partial charge in [0.15, 0.2) is 11.5 Å². The Hall–Kier alpha value is -4.12. The molecule has 4 rings (SSSR count). The van der Waals surface area contributed by atoms with Crippen LogP contribution in [0.3, 0.4) is 0 Å². The normalized spacial score (nSPS) is 15.3. The van der Waals surface area contributed by atoms with E-state index in [0.717, 1.165) is 11.1 Å². The summed E-state index contributed by atoms with van der Waals surface area (Å²) in [6, 6.07) is 14.2. The molecule has 3 aromatic rings. The van der Waals surface area contributed by atoms with Crippen LogP contribution < -0.4 is 19.9 Å². The molecule has 1 aliphatic heterocycles. The van der Waals surface area contributed by atoms with Crippen LogP contribution in [0, 0.1) is 11.3 Å². The number of fused-ring (bicyclic) bond motifs is 1. The van der Waals surface area contributed by atoms with E-state index in [9.17, 15) is 10.4 Å². The number of nitrogens with one attached hydrogen (secondary N) is 1. The van der Waals surface area contributed by atoms with Crippen LogP contribution in [0.25, 0.3) is 11.3 Å². The Kier molecular flexibility index (Phi) is 4.49. The monoisotopic (exact) mass is 390 g/mol. The van der Waals surface area contributed by atoms with E-state index in [1.165, 1.54) is 0 Å². The lowest BCUT2D eigenvalue weighted by Gasteiger charge is -2.24. The number of hydrogen-bond donors (Lipinski definition) is 3. The Morgan fingerprint density at radius 3 is 2.52 bits per heavy atom. The van der Waals surface area contributed by atoms with Gasteiger partial charge in [-0.2, -0.15) is 5.26 Å². The lowest BCUT2D eigenvalue weighted by Crippen LogP contribution is -2.20. The number of phenols is 1. The number of aromatic hydroxyl groups is 1. The van der Waals surface area contributed by atoms with Crippen molar-refractivity contribution < 1.29 is 19.3 Å². The van der Waals surface area contributed by atoms with Crippen LogP contribution >= 0.6 is 0 Å². The predicted molar refractivity (Wildman–Crippen MR) is 105 cm³/mol. The van der Waals surface area contributed by atoms with Gasteiger partial charge in [-0.05, 0) is 35.9 Å². The van der Waals surface area contributed by atoms with Crippen molar-refractivity contribution >= 4 is 0 Å². The molecule has 8 heteroatoms. The first-order valence-corrected chi connectivity index (χ1v) is 8.74. The van der Waals surface area contributed by atoms with Gasteiger partial charge in [0.2, 0.25) is 11.8 Å². The maximum absolute atomic E-state index is 9.74. The minimum atomic E-state index is -0.508. The van der Waals surface area contributed by atoms with Gasteiger partial charge in [0.25, 0.3) is 0 Å². The summed E-state index contributed by atoms with van der Waals surface area (Å²) in [6.07, 6.45) is 0. The fourth-order valence-electron chi connectivity index (χ4n) is 3.46. The fraction of sp³-hybridized carbons (Fsp3) is 0.143. The molecule has 0 amide bonds. The topological polar surface area (TPSA) is 126 Å². The largest absolute Gasteiger partial charge is 0.508 e. The Bertz CT molecular complexity index is 1140. The van der Waals surface area contributed by atoms with Crippen LogP contribution in [0.5, 0.6) is 23.1 Å². The summed E-state index contributed by atoms with van der Waals surface area (Å²) < 4.78 is 16.3. The molecule has 0 saturated heterocycles. The number of H-pyrrole nitrogens is 1. The van der Waals surface area contributed by atoms with Gasteiger partial charge in [-0.1, -0.05) is 12.1 Å². The highest BCUT2D eigenvalue weighted by atomic mass is 16.5. The number of phenolic OH excluding ortho intramolecular Hbond substituents is 1. The number of hydrogen-bond acceptors (Lipinski definition) is 7. The zero-order chi connectivity index (χ0) is 20.5. The van der Waals surface area contributed by atoms with Crippen molar-refractivity contribution in [3.63, 3.8) is 0 Å². The van der Waals surface area contributed by atoms with Crippen molar-refractivity contribution in [3.05, 3.63) is 65.0 Å². The van der Waals surface area contributed by atoms with Crippen LogP contribution in [0.1, 0.15) is 17.0 Å². The Balaban J connectivity index is 1.92. The SMILES string of the molecule is COc1ccc(-c2[nH]nc3c2C(c2ccc(O)cc2)C(C#N)=C(N)O3)cc1OC. The Morgan fingerprint density at radius 2 is 1.86 bits per heavy atom. The summed E-state index contributed by atoms with van der Waals surface area (Å²) in [4.78, 5) is 0. The smallest absolute Gasteiger partial charge is 0.244 e. The summed E-state index contributed by atoms with van der Waals surface area (Å²) in [5.74, 6) is 1.07. The third-order valence-electron chi connectivity index (χ3n) is 4.84. The first kappa shape index (κ1) is 18.3. The molecule has 0 radical (unpaired) electrons. The van der Waals surface area contributed by atoms with E-state index in [1.807, 2.05) is 12.1 Å². The van der Waals surface area contributed by atoms with Gasteiger partial charge in [-0.25, -0.2) is 0 Å². The summed E-state index contributed by atoms with van der Waals surface area (Å²) in [6.45, 7) is 0. The van der Waals surface area contributed by atoms with E-state index in [1.54, 1.807) is 44.6 Å². The summed E-state index contributed by atoms with van der Waals surface area (Å²) in [5.41, 5.74) is 9.15. The van der Waals surface area contributed by atoms with E-state index in [4.69, 9.17) is 19.9 Å². The van der Waals surface area contributed by atoms with Crippen molar-refractivity contribution in [2.24, 2.45) is 5.73 Å². The van der Waals surface area contributed by atoms with Gasteiger partial charge in [-0.3, -0.25) is 5.10 Å². The number of benzene rings is 2. The van der Waals surface area contributed by atoms with E-state index >= 15 is 0 Å². The minimum Gasteiger partial charge on any atom is -0.508 e. The van der Waals surface area contributed by atoms with Gasteiger partial charge in [0.1, 0.15) is 17.4 Å². The summed E-state index contributed by atoms with van der Waals surface area (Å²) >= 11 is 0. The third-order valence-corrected chi connectivity index (χ3v) is 4.84. The summed E-state index contributed by atoms with van der Waals surface area (Å²) in [7, 11) is 3.13. The highest BCUT2D eigenvalue weighted by Gasteiger charge is 2.35. The van der Waals surface area contributed by atoms with Gasteiger partial charge in [0, 0.05) is 5.56 Å². The average Bonchev–Trinajstić information content (AvgIpc) is 3.16. The molecule has 0 fully saturated rings. The molecule has 2 heterocycles. The third kappa shape index (κ3) is 2.99. The number of aromatic nitrogens is 2. The quantitative estimate of drug-likeness (QED) is 0.625. The zero-order valence-electron chi connectivity index (χ0n) is 15.8. The number of ether oxygens (including phenoxy) is 3. The Labute approximate surface area is 166 Å². The highest BCUT2D eigenvalue weighted by molar-refractivity contribution is 5.73. The second kappa shape index (κ2) is 7.13. The molecule has 1 unspecified atom stereocenters. The predicted octanol–water partition coefficient (Wildman–Crippen LogP) is 3.02. The van der Waals surface area contributed by atoms with E-state index in [0.29, 0.717) is 28.6 Å². The van der Waals surface area contributed by atoms with Crippen molar-refractivity contribution in [3.8, 4) is 40.5 Å². The van der Waals surface area contributed by atoms with Crippen molar-refractivity contribution in [1.82, 2.24) is 10.2 Å². The average molecular weight is 390 g/mol. The number of nitriles is 1. The highest BCUT2D eigenvalue weighted by Crippen LogP contribution is 2.46. The van der Waals surface area contributed by atoms with Gasteiger partial charge in [-0.15, -0.1) is 5.10 Å². The maximum Gasteiger partial charge on any atom is 0.244 e. The molecular weight excluding hydrogens is 372 g/mol. The van der Waals surface area contributed by atoms with Gasteiger partial charge in [0.05, 0.1) is 31.4 Å². The van der Waals surface area contributed by atoms with Gasteiger partial charge >= 0.3 is 0 Å². The number of nitrogens with zero attached hydrogens (tertiary/aromatic N) is 2. The molecule has 1 aliphatic rings. The number of nitrogens with two attached hydrogens (primary N) is 1. The molecule has 2 aromatic carbocycles. The minimum absolute atomic E-state index is 0.00318. The number of allylic oxidation sites excluding steroid dienone is 1. The number of rotatable bonds is 4. The second-order valence-electron chi connectivity index (χ2n) is 6.40. The fourth-order valence-corrected chi connectivity index (χ4v) is 3.46. The summed E-state index contributed by atoms with van der Waals surface area (Å²) in [5, 5.41) is 26.6. The van der Waals surface area contributed by atoms with Crippen molar-refractivity contribution in [2.45, 2.75) is 5.92 Å². The van der Waals surface area contributed by atoms with E-state index < -0.39 is 5.92 Å². The zero-order valence-corrected chi connectivity index (χ0v) is 15.8. The molecule has 1 atom stereocenters. The molecule has 146 valence electrons. The number of aromatic amines is 1. The maximum atomic E-state index is 9.74. The molecule has 1 aromatic heterocycles. The van der Waals surface area contributed by atoms with Crippen molar-refractivity contribution in [1.29, 1.82) is 5.26 Å². The van der Waals surface area contributed by atoms with Gasteiger partial charge < -0.3 is 25.1 Å². The lowest BCUT2D eigenvalue weighted by atomic mass is 9.83. The molecule has 8 nitrogen and oxygen atoms in total. The van der Waals surface area contributed by atoms with Crippen LogP contribution in [-0.4, -0.2) is 29.5 Å². The molecule has 0 spiro atoms. The Morgan fingerprint density at radius 1 is 1.14 bits per heavy atom.